The molecule has 0 aliphatic heterocycles. The molecule has 4 N–H and O–H groups in total. The van der Waals surface area contributed by atoms with Crippen LogP contribution in [0.15, 0.2) is 30.3 Å². The summed E-state index contributed by atoms with van der Waals surface area (Å²) in [5.74, 6) is -0.400. The first-order valence-electron chi connectivity index (χ1n) is 6.87. The van der Waals surface area contributed by atoms with Crippen molar-refractivity contribution in [3.8, 4) is 0 Å². The number of hydrogen-bond donors (Lipinski definition) is 3. The van der Waals surface area contributed by atoms with E-state index in [4.69, 9.17) is 5.73 Å². The van der Waals surface area contributed by atoms with E-state index >= 15 is 0 Å². The molecule has 1 unspecified atom stereocenters. The number of halogens is 1. The summed E-state index contributed by atoms with van der Waals surface area (Å²) < 4.78 is 25.6. The number of benzene rings is 1. The zero-order valence-electron chi connectivity index (χ0n) is 12.8. The minimum absolute atomic E-state index is 0. The number of sulfonamides is 1. The number of carbonyl (C=O) groups is 1. The zero-order chi connectivity index (χ0) is 15.9. The maximum absolute atomic E-state index is 11.7. The van der Waals surface area contributed by atoms with Crippen molar-refractivity contribution < 1.29 is 13.2 Å². The molecule has 1 rings (SSSR count). The van der Waals surface area contributed by atoms with Crippen molar-refractivity contribution in [1.82, 2.24) is 10.0 Å². The molecule has 8 heteroatoms. The van der Waals surface area contributed by atoms with Crippen LogP contribution in [0.4, 0.5) is 0 Å². The van der Waals surface area contributed by atoms with Crippen LogP contribution in [0, 0.1) is 0 Å². The summed E-state index contributed by atoms with van der Waals surface area (Å²) in [7, 11) is -3.35. The van der Waals surface area contributed by atoms with E-state index in [0.29, 0.717) is 0 Å². The number of carbonyl (C=O) groups excluding carboxylic acids is 1. The van der Waals surface area contributed by atoms with E-state index < -0.39 is 16.1 Å². The Labute approximate surface area is 138 Å². The van der Waals surface area contributed by atoms with Gasteiger partial charge in [0, 0.05) is 25.0 Å². The van der Waals surface area contributed by atoms with Crippen LogP contribution < -0.4 is 15.8 Å². The maximum Gasteiger partial charge on any atom is 0.221 e. The van der Waals surface area contributed by atoms with Crippen LogP contribution in [0.2, 0.25) is 0 Å². The van der Waals surface area contributed by atoms with Crippen molar-refractivity contribution >= 4 is 28.3 Å². The van der Waals surface area contributed by atoms with Crippen LogP contribution >= 0.6 is 12.4 Å². The number of nitrogens with one attached hydrogen (secondary N) is 2. The van der Waals surface area contributed by atoms with Crippen molar-refractivity contribution in [3.63, 3.8) is 0 Å². The van der Waals surface area contributed by atoms with Gasteiger partial charge in [-0.15, -0.1) is 12.4 Å². The minimum atomic E-state index is -3.35. The largest absolute Gasteiger partial charge is 0.355 e. The third kappa shape index (κ3) is 8.33. The lowest BCUT2D eigenvalue weighted by Gasteiger charge is -2.13. The summed E-state index contributed by atoms with van der Waals surface area (Å²) in [5.41, 5.74) is 6.80. The molecule has 1 atom stereocenters. The lowest BCUT2D eigenvalue weighted by Crippen LogP contribution is -2.37. The van der Waals surface area contributed by atoms with Crippen LogP contribution in [0.1, 0.15) is 31.9 Å². The molecule has 0 saturated carbocycles. The van der Waals surface area contributed by atoms with Gasteiger partial charge in [0.2, 0.25) is 15.9 Å². The van der Waals surface area contributed by atoms with E-state index in [0.717, 1.165) is 5.56 Å². The fourth-order valence-electron chi connectivity index (χ4n) is 1.83. The Morgan fingerprint density at radius 2 is 1.82 bits per heavy atom. The molecule has 22 heavy (non-hydrogen) atoms. The van der Waals surface area contributed by atoms with Gasteiger partial charge in [0.05, 0.1) is 5.75 Å². The van der Waals surface area contributed by atoms with Gasteiger partial charge in [0.1, 0.15) is 0 Å². The third-order valence-electron chi connectivity index (χ3n) is 2.74. The molecule has 0 aromatic heterocycles. The molecule has 0 bridgehead atoms. The molecule has 0 aliphatic rings. The molecule has 1 amide bonds. The first kappa shape index (κ1) is 20.9. The van der Waals surface area contributed by atoms with Crippen molar-refractivity contribution in [2.24, 2.45) is 5.73 Å². The van der Waals surface area contributed by atoms with Gasteiger partial charge in [-0.25, -0.2) is 13.1 Å². The molecule has 6 nitrogen and oxygen atoms in total. The normalized spacial score (nSPS) is 12.5. The van der Waals surface area contributed by atoms with Crippen molar-refractivity contribution in [3.05, 3.63) is 35.9 Å². The molecule has 0 aliphatic carbocycles. The molecular weight excluding hydrogens is 326 g/mol. The summed E-state index contributed by atoms with van der Waals surface area (Å²) in [4.78, 5) is 11.7. The van der Waals surface area contributed by atoms with Gasteiger partial charge in [0.15, 0.2) is 0 Å². The van der Waals surface area contributed by atoms with Crippen LogP contribution in [0.3, 0.4) is 0 Å². The summed E-state index contributed by atoms with van der Waals surface area (Å²) in [6, 6.07) is 8.76. The Bertz CT molecular complexity index is 550. The van der Waals surface area contributed by atoms with E-state index in [9.17, 15) is 13.2 Å². The zero-order valence-corrected chi connectivity index (χ0v) is 14.4. The second-order valence-corrected chi connectivity index (χ2v) is 7.04. The van der Waals surface area contributed by atoms with Crippen LogP contribution in [-0.4, -0.2) is 32.7 Å². The summed E-state index contributed by atoms with van der Waals surface area (Å²) in [5, 5.41) is 2.57. The van der Waals surface area contributed by atoms with Crippen LogP contribution in [-0.2, 0) is 14.8 Å². The summed E-state index contributed by atoms with van der Waals surface area (Å²) >= 11 is 0. The molecule has 0 radical (unpaired) electrons. The topological polar surface area (TPSA) is 101 Å². The first-order chi connectivity index (χ1) is 9.80. The number of nitrogens with two attached hydrogens (primary N) is 1. The highest BCUT2D eigenvalue weighted by Crippen LogP contribution is 2.12. The van der Waals surface area contributed by atoms with Gasteiger partial charge in [-0.2, -0.15) is 0 Å². The quantitative estimate of drug-likeness (QED) is 0.650. The number of rotatable bonds is 8. The Kier molecular flexibility index (Phi) is 9.27. The summed E-state index contributed by atoms with van der Waals surface area (Å²) in [6.07, 6.45) is 0.127. The van der Waals surface area contributed by atoms with Gasteiger partial charge in [-0.1, -0.05) is 30.3 Å². The Hall–Kier alpha value is -1.15. The van der Waals surface area contributed by atoms with Gasteiger partial charge >= 0.3 is 0 Å². The second kappa shape index (κ2) is 9.78. The van der Waals surface area contributed by atoms with Gasteiger partial charge in [0.25, 0.3) is 0 Å². The fraction of sp³-hybridized carbons (Fsp3) is 0.500. The third-order valence-corrected chi connectivity index (χ3v) is 4.31. The molecule has 0 spiro atoms. The SMILES string of the molecule is CC(C)NS(=O)(=O)CCNC(=O)CC(N)c1ccccc1.Cl. The lowest BCUT2D eigenvalue weighted by molar-refractivity contribution is -0.121. The predicted molar refractivity (Wildman–Crippen MR) is 90.3 cm³/mol. The van der Waals surface area contributed by atoms with E-state index in [1.807, 2.05) is 30.3 Å². The number of hydrogen-bond acceptors (Lipinski definition) is 4. The Morgan fingerprint density at radius 3 is 2.36 bits per heavy atom. The average Bonchev–Trinajstić information content (AvgIpc) is 2.37. The van der Waals surface area contributed by atoms with Gasteiger partial charge < -0.3 is 11.1 Å². The molecule has 0 saturated heterocycles. The van der Waals surface area contributed by atoms with E-state index in [1.165, 1.54) is 0 Å². The minimum Gasteiger partial charge on any atom is -0.355 e. The number of amides is 1. The molecule has 1 aromatic rings. The molecule has 126 valence electrons. The average molecular weight is 350 g/mol. The van der Waals surface area contributed by atoms with Crippen molar-refractivity contribution in [2.75, 3.05) is 12.3 Å². The molecule has 0 fully saturated rings. The fourth-order valence-corrected chi connectivity index (χ4v) is 3.04. The van der Waals surface area contributed by atoms with E-state index in [-0.39, 0.29) is 43.1 Å². The summed E-state index contributed by atoms with van der Waals surface area (Å²) in [6.45, 7) is 3.56. The highest BCUT2D eigenvalue weighted by atomic mass is 35.5. The molecular formula is C14H24ClN3O3S. The van der Waals surface area contributed by atoms with Gasteiger partial charge in [-0.3, -0.25) is 4.79 Å². The van der Waals surface area contributed by atoms with Crippen molar-refractivity contribution in [2.45, 2.75) is 32.4 Å². The predicted octanol–water partition coefficient (Wildman–Crippen LogP) is 0.942. The molecule has 1 aromatic carbocycles. The monoisotopic (exact) mass is 349 g/mol. The van der Waals surface area contributed by atoms with E-state index in [2.05, 4.69) is 10.0 Å². The second-order valence-electron chi connectivity index (χ2n) is 5.16. The Morgan fingerprint density at radius 1 is 1.23 bits per heavy atom. The van der Waals surface area contributed by atoms with Crippen molar-refractivity contribution in [1.29, 1.82) is 0 Å². The highest BCUT2D eigenvalue weighted by molar-refractivity contribution is 7.89. The van der Waals surface area contributed by atoms with E-state index in [1.54, 1.807) is 13.8 Å². The van der Waals surface area contributed by atoms with Crippen LogP contribution in [0.25, 0.3) is 0 Å². The van der Waals surface area contributed by atoms with Crippen LogP contribution in [0.5, 0.6) is 0 Å². The smallest absolute Gasteiger partial charge is 0.221 e. The molecule has 0 heterocycles. The lowest BCUT2D eigenvalue weighted by atomic mass is 10.0. The first-order valence-corrected chi connectivity index (χ1v) is 8.52. The standard InChI is InChI=1S/C14H23N3O3S.ClH/c1-11(2)17-21(19,20)9-8-16-14(18)10-13(15)12-6-4-3-5-7-12;/h3-7,11,13,17H,8-10,15H2,1-2H3,(H,16,18);1H. The Balaban J connectivity index is 0.00000441. The highest BCUT2D eigenvalue weighted by Gasteiger charge is 2.14. The maximum atomic E-state index is 11.7. The van der Waals surface area contributed by atoms with Gasteiger partial charge in [-0.05, 0) is 19.4 Å².